The monoisotopic (exact) mass is 374 g/mol. The quantitative estimate of drug-likeness (QED) is 0.326. The summed E-state index contributed by atoms with van der Waals surface area (Å²) in [6.45, 7) is 3.37. The van der Waals surface area contributed by atoms with Gasteiger partial charge in [0.15, 0.2) is 0 Å². The number of aryl methyl sites for hydroxylation is 3. The number of nitrogens with zero attached hydrogens (tertiary/aromatic N) is 2. The van der Waals surface area contributed by atoms with Gasteiger partial charge in [-0.1, -0.05) is 93.3 Å². The number of unbranched alkanes of at least 4 members (excludes halogenated alkanes) is 4. The molecule has 148 valence electrons. The minimum Gasteiger partial charge on any atom is -0.334 e. The Hall–Kier alpha value is -2.35. The van der Waals surface area contributed by atoms with Crippen molar-refractivity contribution >= 4 is 0 Å². The molecule has 1 heterocycles. The number of rotatable bonds is 12. The number of benzene rings is 2. The van der Waals surface area contributed by atoms with Crippen LogP contribution in [0.1, 0.15) is 68.1 Å². The first-order valence-electron chi connectivity index (χ1n) is 11.0. The van der Waals surface area contributed by atoms with Crippen molar-refractivity contribution in [3.8, 4) is 0 Å². The number of hydrogen-bond acceptors (Lipinski definition) is 1. The Bertz CT molecular complexity index is 790. The zero-order valence-electron chi connectivity index (χ0n) is 17.3. The lowest BCUT2D eigenvalue weighted by atomic mass is 10.1. The molecule has 28 heavy (non-hydrogen) atoms. The SMILES string of the molecule is CCCCCCCn1cc(CCCc2ccccc2)nc1Cc1ccccc1. The molecule has 3 aromatic rings. The molecular formula is C26H34N2. The molecule has 0 atom stereocenters. The summed E-state index contributed by atoms with van der Waals surface area (Å²) in [6.07, 6.45) is 13.1. The highest BCUT2D eigenvalue weighted by Gasteiger charge is 2.09. The Morgan fingerprint density at radius 1 is 0.714 bits per heavy atom. The van der Waals surface area contributed by atoms with Crippen molar-refractivity contribution in [1.29, 1.82) is 0 Å². The Labute approximate surface area is 170 Å². The average Bonchev–Trinajstić information content (AvgIpc) is 3.11. The van der Waals surface area contributed by atoms with E-state index >= 15 is 0 Å². The van der Waals surface area contributed by atoms with Crippen LogP contribution in [0.5, 0.6) is 0 Å². The smallest absolute Gasteiger partial charge is 0.113 e. The largest absolute Gasteiger partial charge is 0.334 e. The second-order valence-electron chi connectivity index (χ2n) is 7.76. The topological polar surface area (TPSA) is 17.8 Å². The van der Waals surface area contributed by atoms with Gasteiger partial charge in [0, 0.05) is 19.2 Å². The number of aromatic nitrogens is 2. The van der Waals surface area contributed by atoms with Crippen LogP contribution in [0.25, 0.3) is 0 Å². The summed E-state index contributed by atoms with van der Waals surface area (Å²) >= 11 is 0. The predicted octanol–water partition coefficient (Wildman–Crippen LogP) is 6.62. The predicted molar refractivity (Wildman–Crippen MR) is 119 cm³/mol. The minimum atomic E-state index is 0.925. The van der Waals surface area contributed by atoms with Crippen molar-refractivity contribution < 1.29 is 0 Å². The van der Waals surface area contributed by atoms with E-state index in [9.17, 15) is 0 Å². The van der Waals surface area contributed by atoms with Crippen molar-refractivity contribution in [2.75, 3.05) is 0 Å². The zero-order chi connectivity index (χ0) is 19.4. The zero-order valence-corrected chi connectivity index (χ0v) is 17.3. The van der Waals surface area contributed by atoms with E-state index in [1.54, 1.807) is 0 Å². The van der Waals surface area contributed by atoms with Crippen LogP contribution in [0, 0.1) is 0 Å². The maximum Gasteiger partial charge on any atom is 0.113 e. The Balaban J connectivity index is 1.60. The van der Waals surface area contributed by atoms with Gasteiger partial charge in [-0.3, -0.25) is 0 Å². The second-order valence-corrected chi connectivity index (χ2v) is 7.76. The third-order valence-electron chi connectivity index (χ3n) is 5.36. The highest BCUT2D eigenvalue weighted by atomic mass is 15.1. The molecule has 2 aromatic carbocycles. The van der Waals surface area contributed by atoms with E-state index in [1.807, 2.05) is 0 Å². The minimum absolute atomic E-state index is 0.925. The van der Waals surface area contributed by atoms with Crippen LogP contribution in [0.3, 0.4) is 0 Å². The Morgan fingerprint density at radius 3 is 2.11 bits per heavy atom. The van der Waals surface area contributed by atoms with Gasteiger partial charge in [0.05, 0.1) is 5.69 Å². The summed E-state index contributed by atoms with van der Waals surface area (Å²) in [5.41, 5.74) is 4.01. The molecule has 0 N–H and O–H groups in total. The summed E-state index contributed by atoms with van der Waals surface area (Å²) in [5.74, 6) is 1.22. The van der Waals surface area contributed by atoms with Crippen molar-refractivity contribution in [3.63, 3.8) is 0 Å². The molecule has 2 heteroatoms. The fraction of sp³-hybridized carbons (Fsp3) is 0.423. The van der Waals surface area contributed by atoms with Crippen LogP contribution in [0.15, 0.2) is 66.9 Å². The molecule has 0 aliphatic heterocycles. The summed E-state index contributed by atoms with van der Waals surface area (Å²) in [7, 11) is 0. The molecule has 0 saturated heterocycles. The first-order valence-corrected chi connectivity index (χ1v) is 11.0. The number of imidazole rings is 1. The van der Waals surface area contributed by atoms with Gasteiger partial charge < -0.3 is 4.57 Å². The van der Waals surface area contributed by atoms with Crippen molar-refractivity contribution in [3.05, 3.63) is 89.5 Å². The van der Waals surface area contributed by atoms with E-state index in [-0.39, 0.29) is 0 Å². The lowest BCUT2D eigenvalue weighted by molar-refractivity contribution is 0.557. The molecule has 0 unspecified atom stereocenters. The van der Waals surface area contributed by atoms with E-state index < -0.39 is 0 Å². The number of hydrogen-bond donors (Lipinski definition) is 0. The molecule has 0 saturated carbocycles. The van der Waals surface area contributed by atoms with Crippen molar-refractivity contribution in [2.24, 2.45) is 0 Å². The molecule has 0 radical (unpaired) electrons. The fourth-order valence-corrected chi connectivity index (χ4v) is 3.75. The van der Waals surface area contributed by atoms with Gasteiger partial charge in [-0.2, -0.15) is 0 Å². The second kappa shape index (κ2) is 11.5. The van der Waals surface area contributed by atoms with Crippen LogP contribution in [0.4, 0.5) is 0 Å². The molecule has 0 spiro atoms. The first kappa shape index (κ1) is 20.4. The summed E-state index contributed by atoms with van der Waals surface area (Å²) in [5, 5.41) is 0. The highest BCUT2D eigenvalue weighted by molar-refractivity contribution is 5.21. The highest BCUT2D eigenvalue weighted by Crippen LogP contribution is 2.15. The van der Waals surface area contributed by atoms with Gasteiger partial charge in [-0.15, -0.1) is 0 Å². The van der Waals surface area contributed by atoms with E-state index in [0.29, 0.717) is 0 Å². The fourth-order valence-electron chi connectivity index (χ4n) is 3.75. The van der Waals surface area contributed by atoms with E-state index in [0.717, 1.165) is 32.2 Å². The average molecular weight is 375 g/mol. The van der Waals surface area contributed by atoms with Crippen LogP contribution in [-0.4, -0.2) is 9.55 Å². The summed E-state index contributed by atoms with van der Waals surface area (Å²) in [4.78, 5) is 5.01. The Morgan fingerprint density at radius 2 is 1.39 bits per heavy atom. The van der Waals surface area contributed by atoms with Gasteiger partial charge in [-0.25, -0.2) is 4.98 Å². The van der Waals surface area contributed by atoms with Gasteiger partial charge >= 0.3 is 0 Å². The van der Waals surface area contributed by atoms with Crippen LogP contribution in [0.2, 0.25) is 0 Å². The van der Waals surface area contributed by atoms with Gasteiger partial charge in [0.1, 0.15) is 5.82 Å². The molecule has 2 nitrogen and oxygen atoms in total. The Kier molecular flexibility index (Phi) is 8.36. The molecule has 1 aromatic heterocycles. The molecule has 0 bridgehead atoms. The van der Waals surface area contributed by atoms with Crippen molar-refractivity contribution in [2.45, 2.75) is 71.3 Å². The van der Waals surface area contributed by atoms with E-state index in [4.69, 9.17) is 4.98 Å². The maximum atomic E-state index is 5.01. The lowest BCUT2D eigenvalue weighted by Gasteiger charge is -2.08. The molecule has 0 fully saturated rings. The van der Waals surface area contributed by atoms with Gasteiger partial charge in [0.25, 0.3) is 0 Å². The van der Waals surface area contributed by atoms with Crippen molar-refractivity contribution in [1.82, 2.24) is 9.55 Å². The van der Waals surface area contributed by atoms with Gasteiger partial charge in [-0.05, 0) is 36.8 Å². The maximum absolute atomic E-state index is 5.01. The summed E-state index contributed by atoms with van der Waals surface area (Å²) in [6, 6.07) is 21.5. The molecule has 0 amide bonds. The first-order chi connectivity index (χ1) is 13.8. The van der Waals surface area contributed by atoms with Gasteiger partial charge in [0.2, 0.25) is 0 Å². The van der Waals surface area contributed by atoms with E-state index in [1.165, 1.54) is 54.7 Å². The lowest BCUT2D eigenvalue weighted by Crippen LogP contribution is -2.04. The van der Waals surface area contributed by atoms with Crippen LogP contribution >= 0.6 is 0 Å². The molecular weight excluding hydrogens is 340 g/mol. The summed E-state index contributed by atoms with van der Waals surface area (Å²) < 4.78 is 2.41. The molecule has 3 rings (SSSR count). The van der Waals surface area contributed by atoms with Crippen LogP contribution in [-0.2, 0) is 25.8 Å². The molecule has 0 aliphatic carbocycles. The standard InChI is InChI=1S/C26H34N2/c1-2-3-4-5-12-20-28-22-25(19-13-18-23-14-8-6-9-15-23)27-26(28)21-24-16-10-7-11-17-24/h6-11,14-17,22H,2-5,12-13,18-21H2,1H3. The third-order valence-corrected chi connectivity index (χ3v) is 5.36. The van der Waals surface area contributed by atoms with E-state index in [2.05, 4.69) is 78.4 Å². The molecule has 0 aliphatic rings. The third kappa shape index (κ3) is 6.67. The van der Waals surface area contributed by atoms with Crippen LogP contribution < -0.4 is 0 Å². The normalized spacial score (nSPS) is 11.0.